The van der Waals surface area contributed by atoms with Crippen molar-refractivity contribution in [1.82, 2.24) is 30.0 Å². The number of para-hydroxylation sites is 1. The minimum absolute atomic E-state index is 0.460. The van der Waals surface area contributed by atoms with Gasteiger partial charge in [-0.1, -0.05) is 26.0 Å². The maximum atomic E-state index is 5.83. The van der Waals surface area contributed by atoms with Crippen molar-refractivity contribution in [3.05, 3.63) is 48.7 Å². The molecule has 2 saturated heterocycles. The van der Waals surface area contributed by atoms with Gasteiger partial charge in [0.2, 0.25) is 5.95 Å². The molecule has 0 unspecified atom stereocenters. The zero-order valence-corrected chi connectivity index (χ0v) is 25.7. The van der Waals surface area contributed by atoms with Crippen molar-refractivity contribution >= 4 is 51.6 Å². The maximum absolute atomic E-state index is 5.83. The van der Waals surface area contributed by atoms with Gasteiger partial charge in [-0.2, -0.15) is 15.1 Å². The smallest absolute Gasteiger partial charge is 0.231 e. The number of piperazine rings is 1. The quantitative estimate of drug-likeness (QED) is 0.216. The van der Waals surface area contributed by atoms with E-state index in [-0.39, 0.29) is 0 Å². The second kappa shape index (κ2) is 12.8. The number of nitrogens with one attached hydrogen (secondary N) is 3. The predicted octanol–water partition coefficient (Wildman–Crippen LogP) is 5.57. The first-order chi connectivity index (χ1) is 20.5. The van der Waals surface area contributed by atoms with Crippen molar-refractivity contribution in [1.29, 1.82) is 0 Å². The average molecular weight is 588 g/mol. The van der Waals surface area contributed by atoms with Gasteiger partial charge in [0.05, 0.1) is 30.1 Å². The molecule has 42 heavy (non-hydrogen) atoms. The van der Waals surface area contributed by atoms with Crippen LogP contribution in [0.25, 0.3) is 11.0 Å². The molecule has 0 bridgehead atoms. The Bertz CT molecular complexity index is 1490. The van der Waals surface area contributed by atoms with Crippen LogP contribution in [0.5, 0.6) is 5.75 Å². The molecule has 10 nitrogen and oxygen atoms in total. The van der Waals surface area contributed by atoms with Gasteiger partial charge in [-0.3, -0.25) is 10.00 Å². The number of thioether (sulfide) groups is 1. The molecule has 4 heterocycles. The largest absolute Gasteiger partial charge is 0.494 e. The van der Waals surface area contributed by atoms with Gasteiger partial charge in [-0.15, -0.1) is 11.8 Å². The van der Waals surface area contributed by atoms with Crippen LogP contribution < -0.4 is 20.3 Å². The molecule has 4 aromatic rings. The topological polar surface area (TPSA) is 97.5 Å². The van der Waals surface area contributed by atoms with Crippen molar-refractivity contribution in [2.24, 2.45) is 0 Å². The van der Waals surface area contributed by atoms with Crippen LogP contribution in [0.1, 0.15) is 26.7 Å². The van der Waals surface area contributed by atoms with Crippen LogP contribution in [0.15, 0.2) is 53.6 Å². The van der Waals surface area contributed by atoms with E-state index in [1.165, 1.54) is 49.6 Å². The molecule has 2 aromatic carbocycles. The Morgan fingerprint density at radius 1 is 0.952 bits per heavy atom. The first kappa shape index (κ1) is 28.6. The Morgan fingerprint density at radius 2 is 1.74 bits per heavy atom. The molecule has 3 N–H and O–H groups in total. The summed E-state index contributed by atoms with van der Waals surface area (Å²) in [5, 5.41) is 15.4. The Kier molecular flexibility index (Phi) is 8.68. The normalized spacial score (nSPS) is 17.2. The Labute approximate surface area is 252 Å². The first-order valence-electron chi connectivity index (χ1n) is 14.8. The van der Waals surface area contributed by atoms with E-state index in [0.29, 0.717) is 28.7 Å². The fourth-order valence-corrected chi connectivity index (χ4v) is 6.73. The van der Waals surface area contributed by atoms with Crippen LogP contribution in [0.2, 0.25) is 0 Å². The molecule has 2 fully saturated rings. The summed E-state index contributed by atoms with van der Waals surface area (Å²) in [6.07, 6.45) is 4.14. The van der Waals surface area contributed by atoms with E-state index in [4.69, 9.17) is 9.72 Å². The van der Waals surface area contributed by atoms with Crippen molar-refractivity contribution in [3.63, 3.8) is 0 Å². The summed E-state index contributed by atoms with van der Waals surface area (Å²) < 4.78 is 5.83. The van der Waals surface area contributed by atoms with Crippen molar-refractivity contribution < 1.29 is 4.74 Å². The van der Waals surface area contributed by atoms with Crippen LogP contribution in [0.3, 0.4) is 0 Å². The van der Waals surface area contributed by atoms with E-state index in [0.717, 1.165) is 35.6 Å². The number of aromatic nitrogens is 4. The van der Waals surface area contributed by atoms with Crippen LogP contribution in [0, 0.1) is 0 Å². The van der Waals surface area contributed by atoms with Crippen LogP contribution in [-0.2, 0) is 0 Å². The number of ether oxygens (including phenoxy) is 1. The van der Waals surface area contributed by atoms with Crippen molar-refractivity contribution in [2.45, 2.75) is 42.9 Å². The number of methoxy groups -OCH3 is 1. The highest BCUT2D eigenvalue weighted by molar-refractivity contribution is 8.00. The summed E-state index contributed by atoms with van der Waals surface area (Å²) in [6.45, 7) is 11.2. The number of piperidine rings is 1. The van der Waals surface area contributed by atoms with Crippen molar-refractivity contribution in [3.8, 4) is 5.75 Å². The zero-order chi connectivity index (χ0) is 29.1. The fourth-order valence-electron chi connectivity index (χ4n) is 5.82. The van der Waals surface area contributed by atoms with Gasteiger partial charge in [0.1, 0.15) is 11.6 Å². The Balaban J connectivity index is 1.18. The summed E-state index contributed by atoms with van der Waals surface area (Å²) in [5.74, 6) is 1.91. The van der Waals surface area contributed by atoms with E-state index >= 15 is 0 Å². The number of benzene rings is 2. The lowest BCUT2D eigenvalue weighted by Crippen LogP contribution is -2.52. The van der Waals surface area contributed by atoms with E-state index < -0.39 is 0 Å². The number of rotatable bonds is 9. The van der Waals surface area contributed by atoms with Crippen LogP contribution in [-0.4, -0.2) is 94.7 Å². The second-order valence-corrected chi connectivity index (χ2v) is 13.0. The summed E-state index contributed by atoms with van der Waals surface area (Å²) in [4.78, 5) is 18.3. The first-order valence-corrected chi connectivity index (χ1v) is 15.7. The third kappa shape index (κ3) is 6.43. The molecule has 2 aromatic heterocycles. The third-order valence-electron chi connectivity index (χ3n) is 8.13. The molecule has 0 spiro atoms. The Morgan fingerprint density at radius 3 is 2.50 bits per heavy atom. The zero-order valence-electron chi connectivity index (χ0n) is 24.9. The van der Waals surface area contributed by atoms with Gasteiger partial charge in [0.25, 0.3) is 0 Å². The average Bonchev–Trinajstić information content (AvgIpc) is 3.48. The molecule has 0 radical (unpaired) electrons. The molecule has 0 amide bonds. The SMILES string of the molecule is COc1cc(N2CCC(N3CCN(C)CC3)CC2)ccc1Nc1nc(Nc2ccccc2SC(C)C)c2cn[nH]c2n1. The van der Waals surface area contributed by atoms with Gasteiger partial charge in [0, 0.05) is 67.2 Å². The van der Waals surface area contributed by atoms with Gasteiger partial charge >= 0.3 is 0 Å². The van der Waals surface area contributed by atoms with Gasteiger partial charge < -0.3 is 25.2 Å². The van der Waals surface area contributed by atoms with E-state index in [1.54, 1.807) is 13.3 Å². The number of fused-ring (bicyclic) bond motifs is 1. The molecule has 11 heteroatoms. The number of hydrogen-bond donors (Lipinski definition) is 3. The molecule has 0 atom stereocenters. The lowest BCUT2D eigenvalue weighted by atomic mass is 10.0. The van der Waals surface area contributed by atoms with Crippen LogP contribution >= 0.6 is 11.8 Å². The highest BCUT2D eigenvalue weighted by Gasteiger charge is 2.27. The highest BCUT2D eigenvalue weighted by atomic mass is 32.2. The minimum atomic E-state index is 0.460. The third-order valence-corrected chi connectivity index (χ3v) is 9.21. The summed E-state index contributed by atoms with van der Waals surface area (Å²) >= 11 is 1.81. The monoisotopic (exact) mass is 587 g/mol. The summed E-state index contributed by atoms with van der Waals surface area (Å²) in [7, 11) is 3.93. The van der Waals surface area contributed by atoms with E-state index in [1.807, 2.05) is 17.8 Å². The lowest BCUT2D eigenvalue weighted by Gasteiger charge is -2.42. The Hall–Kier alpha value is -3.54. The molecular formula is C31H41N9OS. The number of hydrogen-bond acceptors (Lipinski definition) is 10. The highest BCUT2D eigenvalue weighted by Crippen LogP contribution is 2.36. The number of H-pyrrole nitrogens is 1. The molecule has 222 valence electrons. The summed E-state index contributed by atoms with van der Waals surface area (Å²) in [6, 6.07) is 15.3. The predicted molar refractivity (Wildman–Crippen MR) is 173 cm³/mol. The van der Waals surface area contributed by atoms with Gasteiger partial charge in [-0.25, -0.2) is 0 Å². The number of nitrogens with zero attached hydrogens (tertiary/aromatic N) is 6. The molecule has 2 aliphatic rings. The number of likely N-dealkylation sites (N-methyl/N-ethyl adjacent to an activating group) is 1. The summed E-state index contributed by atoms with van der Waals surface area (Å²) in [5.41, 5.74) is 3.65. The molecule has 6 rings (SSSR count). The molecule has 2 aliphatic heterocycles. The van der Waals surface area contributed by atoms with Gasteiger partial charge in [0.15, 0.2) is 5.65 Å². The molecule has 0 aliphatic carbocycles. The molecular weight excluding hydrogens is 546 g/mol. The second-order valence-electron chi connectivity index (χ2n) is 11.4. The fraction of sp³-hybridized carbons (Fsp3) is 0.452. The maximum Gasteiger partial charge on any atom is 0.231 e. The lowest BCUT2D eigenvalue weighted by molar-refractivity contribution is 0.0982. The number of aromatic amines is 1. The van der Waals surface area contributed by atoms with Gasteiger partial charge in [-0.05, 0) is 44.2 Å². The van der Waals surface area contributed by atoms with Crippen LogP contribution in [0.4, 0.5) is 28.8 Å². The van der Waals surface area contributed by atoms with Crippen molar-refractivity contribution in [2.75, 3.05) is 69.0 Å². The minimum Gasteiger partial charge on any atom is -0.494 e. The standard InChI is InChI=1S/C31H41N9OS/c1-21(2)42-28-8-6-5-7-26(28)33-29-24-20-32-37-30(24)36-31(35-29)34-25-10-9-23(19-27(25)41-4)39-13-11-22(12-14-39)40-17-15-38(3)16-18-40/h5-10,19-22H,11-18H2,1-4H3,(H3,32,33,34,35,36,37). The molecule has 0 saturated carbocycles. The van der Waals surface area contributed by atoms with E-state index in [2.05, 4.69) is 97.8 Å². The van der Waals surface area contributed by atoms with E-state index in [9.17, 15) is 0 Å². The number of anilines is 5.